The summed E-state index contributed by atoms with van der Waals surface area (Å²) in [6.07, 6.45) is 1.67. The van der Waals surface area contributed by atoms with E-state index in [1.807, 2.05) is 111 Å². The minimum Gasteiger partial charge on any atom is -0.325 e. The molecule has 242 valence electrons. The van der Waals surface area contributed by atoms with Crippen molar-refractivity contribution in [3.8, 4) is 0 Å². The Morgan fingerprint density at radius 1 is 0.646 bits per heavy atom. The molecule has 0 heterocycles. The first-order valence-corrected chi connectivity index (χ1v) is 16.7. The summed E-state index contributed by atoms with van der Waals surface area (Å²) in [6, 6.07) is 39.5. The average molecular weight is 654 g/mol. The van der Waals surface area contributed by atoms with Gasteiger partial charge < -0.3 is 16.0 Å². The summed E-state index contributed by atoms with van der Waals surface area (Å²) >= 11 is 1.39. The molecule has 0 fully saturated rings. The Labute approximate surface area is 286 Å². The standard InChI is InChI=1S/C41H39N3O3S/c1-27(2)31-21-19-30(20-22-31)25-37(44-39(45)33-14-9-6-10-15-33)40(46)42-34-16-11-17-36(26-34)48-38(32-12-7-5-8-13-32)41(47)43-35-23-18-28(3)29(4)24-35/h5-27,38H,1-4H3,(H,42,46)(H,43,47)(H,44,45)/b37-25+. The fraction of sp³-hybridized carbons (Fsp3) is 0.146. The highest BCUT2D eigenvalue weighted by atomic mass is 32.2. The molecule has 5 aromatic carbocycles. The number of nitrogens with one attached hydrogen (secondary N) is 3. The molecule has 5 aromatic rings. The highest BCUT2D eigenvalue weighted by molar-refractivity contribution is 8.00. The van der Waals surface area contributed by atoms with Crippen LogP contribution in [0.15, 0.2) is 138 Å². The Hall–Kier alpha value is -5.40. The number of aryl methyl sites for hydroxylation is 2. The van der Waals surface area contributed by atoms with Gasteiger partial charge >= 0.3 is 0 Å². The average Bonchev–Trinajstić information content (AvgIpc) is 3.09. The van der Waals surface area contributed by atoms with Crippen molar-refractivity contribution in [1.29, 1.82) is 0 Å². The van der Waals surface area contributed by atoms with Crippen LogP contribution in [0.5, 0.6) is 0 Å². The van der Waals surface area contributed by atoms with Crippen molar-refractivity contribution >= 4 is 46.9 Å². The van der Waals surface area contributed by atoms with Gasteiger partial charge in [0.1, 0.15) is 10.9 Å². The monoisotopic (exact) mass is 653 g/mol. The molecule has 1 atom stereocenters. The van der Waals surface area contributed by atoms with E-state index in [1.54, 1.807) is 36.4 Å². The molecule has 7 heteroatoms. The van der Waals surface area contributed by atoms with E-state index in [-0.39, 0.29) is 17.5 Å². The van der Waals surface area contributed by atoms with Crippen LogP contribution in [0.2, 0.25) is 0 Å². The first-order valence-electron chi connectivity index (χ1n) is 15.9. The van der Waals surface area contributed by atoms with Gasteiger partial charge in [0.25, 0.3) is 11.8 Å². The van der Waals surface area contributed by atoms with Crippen molar-refractivity contribution < 1.29 is 14.4 Å². The van der Waals surface area contributed by atoms with Crippen molar-refractivity contribution in [2.45, 2.75) is 43.8 Å². The first-order chi connectivity index (χ1) is 23.2. The zero-order valence-electron chi connectivity index (χ0n) is 27.5. The zero-order valence-corrected chi connectivity index (χ0v) is 28.3. The Balaban J connectivity index is 1.38. The fourth-order valence-corrected chi connectivity index (χ4v) is 6.08. The predicted octanol–water partition coefficient (Wildman–Crippen LogP) is 9.31. The van der Waals surface area contributed by atoms with Crippen molar-refractivity contribution in [1.82, 2.24) is 5.32 Å². The van der Waals surface area contributed by atoms with E-state index >= 15 is 0 Å². The minimum atomic E-state index is -0.548. The maximum atomic E-state index is 13.7. The molecule has 6 nitrogen and oxygen atoms in total. The first kappa shape index (κ1) is 33.9. The van der Waals surface area contributed by atoms with Gasteiger partial charge in [-0.05, 0) is 96.1 Å². The SMILES string of the molecule is Cc1ccc(NC(=O)C(Sc2cccc(NC(=O)/C(=C\c3ccc(C(C)C)cc3)NC(=O)c3ccccc3)c2)c2ccccc2)cc1C. The quantitative estimate of drug-likeness (QED) is 0.0980. The summed E-state index contributed by atoms with van der Waals surface area (Å²) in [5.41, 5.74) is 6.88. The lowest BCUT2D eigenvalue weighted by Crippen LogP contribution is -2.30. The molecular weight excluding hydrogens is 615 g/mol. The maximum Gasteiger partial charge on any atom is 0.272 e. The number of carbonyl (C=O) groups excluding carboxylic acids is 3. The van der Waals surface area contributed by atoms with Crippen LogP contribution in [0.4, 0.5) is 11.4 Å². The second-order valence-corrected chi connectivity index (χ2v) is 13.1. The summed E-state index contributed by atoms with van der Waals surface area (Å²) in [6.45, 7) is 8.30. The molecule has 0 saturated carbocycles. The summed E-state index contributed by atoms with van der Waals surface area (Å²) in [4.78, 5) is 41.3. The molecule has 3 amide bonds. The maximum absolute atomic E-state index is 13.7. The molecule has 48 heavy (non-hydrogen) atoms. The van der Waals surface area contributed by atoms with Crippen LogP contribution in [-0.2, 0) is 9.59 Å². The third kappa shape index (κ3) is 9.11. The summed E-state index contributed by atoms with van der Waals surface area (Å²) in [5, 5.41) is 8.28. The van der Waals surface area contributed by atoms with Crippen LogP contribution in [0.25, 0.3) is 6.08 Å². The third-order valence-electron chi connectivity index (χ3n) is 7.90. The van der Waals surface area contributed by atoms with E-state index in [2.05, 4.69) is 29.8 Å². The number of anilines is 2. The van der Waals surface area contributed by atoms with Crippen LogP contribution in [0.3, 0.4) is 0 Å². The number of thioether (sulfide) groups is 1. The van der Waals surface area contributed by atoms with E-state index < -0.39 is 11.2 Å². The molecule has 0 spiro atoms. The van der Waals surface area contributed by atoms with E-state index in [9.17, 15) is 14.4 Å². The topological polar surface area (TPSA) is 87.3 Å². The van der Waals surface area contributed by atoms with Gasteiger partial charge in [0.2, 0.25) is 5.91 Å². The fourth-order valence-electron chi connectivity index (χ4n) is 5.00. The summed E-state index contributed by atoms with van der Waals surface area (Å²) in [7, 11) is 0. The van der Waals surface area contributed by atoms with Crippen molar-refractivity contribution in [2.75, 3.05) is 10.6 Å². The van der Waals surface area contributed by atoms with Crippen LogP contribution in [0, 0.1) is 13.8 Å². The molecule has 0 aliphatic rings. The van der Waals surface area contributed by atoms with E-state index in [0.717, 1.165) is 32.8 Å². The van der Waals surface area contributed by atoms with Gasteiger partial charge in [0, 0.05) is 21.8 Å². The summed E-state index contributed by atoms with van der Waals surface area (Å²) < 4.78 is 0. The van der Waals surface area contributed by atoms with Gasteiger partial charge in [0.05, 0.1) is 0 Å². The van der Waals surface area contributed by atoms with E-state index in [4.69, 9.17) is 0 Å². The Bertz CT molecular complexity index is 1920. The zero-order chi connectivity index (χ0) is 34.0. The number of amides is 3. The highest BCUT2D eigenvalue weighted by Crippen LogP contribution is 2.37. The number of hydrogen-bond acceptors (Lipinski definition) is 4. The van der Waals surface area contributed by atoms with Gasteiger partial charge in [-0.25, -0.2) is 0 Å². The Morgan fingerprint density at radius 3 is 1.98 bits per heavy atom. The highest BCUT2D eigenvalue weighted by Gasteiger charge is 2.23. The molecule has 0 aliphatic carbocycles. The van der Waals surface area contributed by atoms with Gasteiger partial charge in [-0.2, -0.15) is 0 Å². The molecule has 0 aromatic heterocycles. The molecule has 0 saturated heterocycles. The van der Waals surface area contributed by atoms with Crippen LogP contribution >= 0.6 is 11.8 Å². The van der Waals surface area contributed by atoms with Crippen molar-refractivity contribution in [2.24, 2.45) is 0 Å². The van der Waals surface area contributed by atoms with E-state index in [0.29, 0.717) is 17.2 Å². The Morgan fingerprint density at radius 2 is 1.31 bits per heavy atom. The largest absolute Gasteiger partial charge is 0.325 e. The lowest BCUT2D eigenvalue weighted by atomic mass is 10.0. The second kappa shape index (κ2) is 15.9. The van der Waals surface area contributed by atoms with Gasteiger partial charge in [-0.15, -0.1) is 11.8 Å². The minimum absolute atomic E-state index is 0.106. The summed E-state index contributed by atoms with van der Waals surface area (Å²) in [5.74, 6) is -0.642. The van der Waals surface area contributed by atoms with Crippen LogP contribution < -0.4 is 16.0 Å². The second-order valence-electron chi connectivity index (χ2n) is 11.9. The van der Waals surface area contributed by atoms with Crippen molar-refractivity contribution in [3.05, 3.63) is 166 Å². The van der Waals surface area contributed by atoms with Crippen LogP contribution in [-0.4, -0.2) is 17.7 Å². The number of carbonyl (C=O) groups is 3. The lowest BCUT2D eigenvalue weighted by Gasteiger charge is -2.18. The Kier molecular flexibility index (Phi) is 11.3. The number of hydrogen-bond donors (Lipinski definition) is 3. The van der Waals surface area contributed by atoms with E-state index in [1.165, 1.54) is 17.3 Å². The molecule has 3 N–H and O–H groups in total. The normalized spacial score (nSPS) is 11.9. The molecule has 1 unspecified atom stereocenters. The third-order valence-corrected chi connectivity index (χ3v) is 9.15. The van der Waals surface area contributed by atoms with Gasteiger partial charge in [-0.3, -0.25) is 14.4 Å². The molecular formula is C41H39N3O3S. The van der Waals surface area contributed by atoms with Crippen molar-refractivity contribution in [3.63, 3.8) is 0 Å². The molecule has 0 radical (unpaired) electrons. The van der Waals surface area contributed by atoms with Gasteiger partial charge in [0.15, 0.2) is 0 Å². The number of rotatable bonds is 11. The predicted molar refractivity (Wildman–Crippen MR) is 197 cm³/mol. The molecule has 0 bridgehead atoms. The molecule has 0 aliphatic heterocycles. The smallest absolute Gasteiger partial charge is 0.272 e. The lowest BCUT2D eigenvalue weighted by molar-refractivity contribution is -0.116. The molecule has 5 rings (SSSR count). The van der Waals surface area contributed by atoms with Gasteiger partial charge in [-0.1, -0.05) is 98.8 Å². The number of benzene rings is 5. The van der Waals surface area contributed by atoms with Crippen LogP contribution in [0.1, 0.15) is 63.2 Å².